The smallest absolute Gasteiger partial charge is 0.240 e. The summed E-state index contributed by atoms with van der Waals surface area (Å²) in [6.07, 6.45) is 0.814. The first-order valence-corrected chi connectivity index (χ1v) is 7.44. The fourth-order valence-electron chi connectivity index (χ4n) is 3.30. The van der Waals surface area contributed by atoms with Crippen molar-refractivity contribution in [3.05, 3.63) is 35.4 Å². The molecule has 4 heteroatoms. The SMILES string of the molecule is CC1CN(C)CCN1C(=O)C1Cc2ccccc2CN1. The molecule has 1 saturated heterocycles. The number of nitrogens with zero attached hydrogens (tertiary/aromatic N) is 2. The molecule has 0 saturated carbocycles. The van der Waals surface area contributed by atoms with Crippen LogP contribution in [-0.4, -0.2) is 54.5 Å². The van der Waals surface area contributed by atoms with Crippen LogP contribution in [0.3, 0.4) is 0 Å². The van der Waals surface area contributed by atoms with Crippen molar-refractivity contribution in [2.24, 2.45) is 0 Å². The molecule has 2 unspecified atom stereocenters. The molecule has 20 heavy (non-hydrogen) atoms. The number of hydrogen-bond donors (Lipinski definition) is 1. The van der Waals surface area contributed by atoms with Crippen LogP contribution in [0.2, 0.25) is 0 Å². The summed E-state index contributed by atoms with van der Waals surface area (Å²) in [6, 6.07) is 8.65. The van der Waals surface area contributed by atoms with Gasteiger partial charge >= 0.3 is 0 Å². The third-order valence-corrected chi connectivity index (χ3v) is 4.49. The average molecular weight is 273 g/mol. The van der Waals surface area contributed by atoms with Crippen molar-refractivity contribution >= 4 is 5.91 Å². The molecule has 1 amide bonds. The molecule has 1 N–H and O–H groups in total. The number of amides is 1. The van der Waals surface area contributed by atoms with Gasteiger partial charge in [0.1, 0.15) is 0 Å². The first kappa shape index (κ1) is 13.6. The van der Waals surface area contributed by atoms with Crippen molar-refractivity contribution in [1.29, 1.82) is 0 Å². The number of fused-ring (bicyclic) bond motifs is 1. The molecular formula is C16H23N3O. The van der Waals surface area contributed by atoms with Crippen molar-refractivity contribution in [2.75, 3.05) is 26.7 Å². The summed E-state index contributed by atoms with van der Waals surface area (Å²) in [5.41, 5.74) is 2.63. The summed E-state index contributed by atoms with van der Waals surface area (Å²) in [7, 11) is 2.12. The Morgan fingerprint density at radius 1 is 1.25 bits per heavy atom. The Bertz CT molecular complexity index is 502. The lowest BCUT2D eigenvalue weighted by atomic mass is 9.94. The van der Waals surface area contributed by atoms with Crippen LogP contribution in [0.25, 0.3) is 0 Å². The van der Waals surface area contributed by atoms with Gasteiger partial charge in [0, 0.05) is 32.2 Å². The van der Waals surface area contributed by atoms with Gasteiger partial charge in [0.05, 0.1) is 6.04 Å². The summed E-state index contributed by atoms with van der Waals surface area (Å²) >= 11 is 0. The zero-order chi connectivity index (χ0) is 14.1. The second-order valence-corrected chi connectivity index (χ2v) is 6.05. The second kappa shape index (κ2) is 5.54. The molecule has 0 spiro atoms. The minimum atomic E-state index is -0.0595. The summed E-state index contributed by atoms with van der Waals surface area (Å²) < 4.78 is 0. The zero-order valence-corrected chi connectivity index (χ0v) is 12.3. The van der Waals surface area contributed by atoms with E-state index in [9.17, 15) is 4.79 Å². The molecular weight excluding hydrogens is 250 g/mol. The molecule has 3 rings (SSSR count). The van der Waals surface area contributed by atoms with Crippen LogP contribution in [0.4, 0.5) is 0 Å². The monoisotopic (exact) mass is 273 g/mol. The van der Waals surface area contributed by atoms with E-state index in [1.165, 1.54) is 11.1 Å². The van der Waals surface area contributed by atoms with Gasteiger partial charge in [0.2, 0.25) is 5.91 Å². The molecule has 0 aromatic heterocycles. The van der Waals surface area contributed by atoms with E-state index in [2.05, 4.69) is 48.5 Å². The standard InChI is InChI=1S/C16H23N3O/c1-12-11-18(2)7-8-19(12)16(20)15-9-13-5-3-4-6-14(13)10-17-15/h3-6,12,15,17H,7-11H2,1-2H3. The molecule has 108 valence electrons. The van der Waals surface area contributed by atoms with Gasteiger partial charge < -0.3 is 15.1 Å². The molecule has 2 atom stereocenters. The number of nitrogens with one attached hydrogen (secondary N) is 1. The van der Waals surface area contributed by atoms with Crippen LogP contribution in [0.5, 0.6) is 0 Å². The van der Waals surface area contributed by atoms with Gasteiger partial charge in [-0.15, -0.1) is 0 Å². The van der Waals surface area contributed by atoms with E-state index < -0.39 is 0 Å². The molecule has 1 aromatic rings. The number of carbonyl (C=O) groups is 1. The van der Waals surface area contributed by atoms with Gasteiger partial charge in [-0.2, -0.15) is 0 Å². The minimum Gasteiger partial charge on any atom is -0.336 e. The van der Waals surface area contributed by atoms with Crippen LogP contribution in [0.1, 0.15) is 18.1 Å². The molecule has 0 aliphatic carbocycles. The molecule has 2 heterocycles. The normalized spacial score (nSPS) is 27.2. The van der Waals surface area contributed by atoms with Crippen molar-refractivity contribution in [1.82, 2.24) is 15.1 Å². The maximum atomic E-state index is 12.7. The molecule has 2 aliphatic rings. The lowest BCUT2D eigenvalue weighted by Crippen LogP contribution is -2.58. The Morgan fingerprint density at radius 3 is 2.75 bits per heavy atom. The fraction of sp³-hybridized carbons (Fsp3) is 0.562. The quantitative estimate of drug-likeness (QED) is 0.824. The van der Waals surface area contributed by atoms with E-state index in [0.29, 0.717) is 6.04 Å². The topological polar surface area (TPSA) is 35.6 Å². The molecule has 0 radical (unpaired) electrons. The maximum Gasteiger partial charge on any atom is 0.240 e. The maximum absolute atomic E-state index is 12.7. The van der Waals surface area contributed by atoms with Gasteiger partial charge in [-0.3, -0.25) is 4.79 Å². The van der Waals surface area contributed by atoms with E-state index >= 15 is 0 Å². The van der Waals surface area contributed by atoms with E-state index in [4.69, 9.17) is 0 Å². The van der Waals surface area contributed by atoms with Gasteiger partial charge in [0.15, 0.2) is 0 Å². The Balaban J connectivity index is 1.70. The van der Waals surface area contributed by atoms with Gasteiger partial charge in [-0.1, -0.05) is 24.3 Å². The van der Waals surface area contributed by atoms with E-state index in [1.807, 2.05) is 4.90 Å². The number of piperazine rings is 1. The van der Waals surface area contributed by atoms with Crippen LogP contribution in [0.15, 0.2) is 24.3 Å². The summed E-state index contributed by atoms with van der Waals surface area (Å²) in [6.45, 7) is 5.73. The molecule has 0 bridgehead atoms. The molecule has 1 aromatic carbocycles. The van der Waals surface area contributed by atoms with E-state index in [0.717, 1.165) is 32.6 Å². The van der Waals surface area contributed by atoms with E-state index in [1.54, 1.807) is 0 Å². The summed E-state index contributed by atoms with van der Waals surface area (Å²) in [5, 5.41) is 3.40. The highest BCUT2D eigenvalue weighted by Gasteiger charge is 2.32. The average Bonchev–Trinajstić information content (AvgIpc) is 2.46. The van der Waals surface area contributed by atoms with Crippen LogP contribution < -0.4 is 5.32 Å². The largest absolute Gasteiger partial charge is 0.336 e. The first-order chi connectivity index (χ1) is 9.65. The summed E-state index contributed by atoms with van der Waals surface area (Å²) in [5.74, 6) is 0.264. The van der Waals surface area contributed by atoms with Crippen LogP contribution in [-0.2, 0) is 17.8 Å². The van der Waals surface area contributed by atoms with Crippen LogP contribution >= 0.6 is 0 Å². The zero-order valence-electron chi connectivity index (χ0n) is 12.3. The Labute approximate surface area is 120 Å². The summed E-state index contributed by atoms with van der Waals surface area (Å²) in [4.78, 5) is 17.1. The fourth-order valence-corrected chi connectivity index (χ4v) is 3.30. The number of benzene rings is 1. The Kier molecular flexibility index (Phi) is 3.76. The first-order valence-electron chi connectivity index (χ1n) is 7.44. The molecule has 1 fully saturated rings. The van der Waals surface area contributed by atoms with Crippen LogP contribution in [0, 0.1) is 0 Å². The number of likely N-dealkylation sites (N-methyl/N-ethyl adjacent to an activating group) is 1. The van der Waals surface area contributed by atoms with Crippen molar-refractivity contribution < 1.29 is 4.79 Å². The number of hydrogen-bond acceptors (Lipinski definition) is 3. The minimum absolute atomic E-state index is 0.0595. The predicted octanol–water partition coefficient (Wildman–Crippen LogP) is 0.863. The van der Waals surface area contributed by atoms with Crippen molar-refractivity contribution in [2.45, 2.75) is 32.0 Å². The number of carbonyl (C=O) groups excluding carboxylic acids is 1. The molecule has 4 nitrogen and oxygen atoms in total. The van der Waals surface area contributed by atoms with Gasteiger partial charge in [-0.25, -0.2) is 0 Å². The number of rotatable bonds is 1. The Morgan fingerprint density at radius 2 is 2.00 bits per heavy atom. The van der Waals surface area contributed by atoms with Crippen molar-refractivity contribution in [3.63, 3.8) is 0 Å². The third-order valence-electron chi connectivity index (χ3n) is 4.49. The Hall–Kier alpha value is -1.39. The highest BCUT2D eigenvalue weighted by molar-refractivity contribution is 5.83. The second-order valence-electron chi connectivity index (χ2n) is 6.05. The third kappa shape index (κ3) is 2.58. The highest BCUT2D eigenvalue weighted by Crippen LogP contribution is 2.19. The predicted molar refractivity (Wildman–Crippen MR) is 79.4 cm³/mol. The van der Waals surface area contributed by atoms with Gasteiger partial charge in [0.25, 0.3) is 0 Å². The lowest BCUT2D eigenvalue weighted by Gasteiger charge is -2.40. The van der Waals surface area contributed by atoms with E-state index in [-0.39, 0.29) is 11.9 Å². The molecule has 2 aliphatic heterocycles. The lowest BCUT2D eigenvalue weighted by molar-refractivity contribution is -0.137. The highest BCUT2D eigenvalue weighted by atomic mass is 16.2. The van der Waals surface area contributed by atoms with Gasteiger partial charge in [-0.05, 0) is 31.5 Å². The van der Waals surface area contributed by atoms with Crippen molar-refractivity contribution in [3.8, 4) is 0 Å².